The molecule has 0 aromatic heterocycles. The standard InChI is InChI=1S/C38H40N2O7/c41-27-21-17-25(18-22-27)35-31(39-37(43)45-29-9-3-1-4-10-29)13-7-15-33(35)47-34-16-8-14-32(36(34)26-19-23-28(42)24-20-26)40-38(44)46-30-11-5-2-6-12-30/h7-8,13-24,29-30,41-42H,1-6,9-12H2,(H,39,43)(H,40,44). The SMILES string of the molecule is O=C(Nc1cccc(Oc2cccc(NC(=O)OC3CCCCC3)c2-c2ccc(O)cc2)c1-c1ccc(O)cc1)OC1CCCCC1. The number of rotatable bonds is 8. The van der Waals surface area contributed by atoms with Crippen LogP contribution in [0, 0.1) is 0 Å². The molecule has 2 fully saturated rings. The molecule has 47 heavy (non-hydrogen) atoms. The van der Waals surface area contributed by atoms with Crippen molar-refractivity contribution in [2.45, 2.75) is 76.4 Å². The number of phenols is 2. The maximum absolute atomic E-state index is 13.1. The molecule has 0 aliphatic heterocycles. The largest absolute Gasteiger partial charge is 0.508 e. The van der Waals surface area contributed by atoms with Crippen molar-refractivity contribution in [1.82, 2.24) is 0 Å². The Balaban J connectivity index is 1.35. The molecule has 0 saturated heterocycles. The third-order valence-electron chi connectivity index (χ3n) is 8.71. The fraction of sp³-hybridized carbons (Fsp3) is 0.316. The molecule has 0 atom stereocenters. The quantitative estimate of drug-likeness (QED) is 0.152. The molecule has 2 saturated carbocycles. The summed E-state index contributed by atoms with van der Waals surface area (Å²) in [5, 5.41) is 25.9. The van der Waals surface area contributed by atoms with Crippen LogP contribution in [0.4, 0.5) is 21.0 Å². The van der Waals surface area contributed by atoms with Crippen LogP contribution in [-0.4, -0.2) is 34.6 Å². The topological polar surface area (TPSA) is 126 Å². The average Bonchev–Trinajstić information content (AvgIpc) is 3.07. The summed E-state index contributed by atoms with van der Waals surface area (Å²) in [7, 11) is 0. The second-order valence-corrected chi connectivity index (χ2v) is 12.1. The molecule has 0 heterocycles. The summed E-state index contributed by atoms with van der Waals surface area (Å²) in [4.78, 5) is 26.1. The Morgan fingerprint density at radius 2 is 0.915 bits per heavy atom. The van der Waals surface area contributed by atoms with Gasteiger partial charge in [0.15, 0.2) is 0 Å². The molecule has 244 valence electrons. The minimum absolute atomic E-state index is 0.104. The zero-order valence-electron chi connectivity index (χ0n) is 26.2. The van der Waals surface area contributed by atoms with Crippen molar-refractivity contribution < 1.29 is 34.0 Å². The van der Waals surface area contributed by atoms with Gasteiger partial charge in [0.05, 0.1) is 11.4 Å². The molecule has 2 amide bonds. The molecule has 9 nitrogen and oxygen atoms in total. The highest BCUT2D eigenvalue weighted by Gasteiger charge is 2.23. The number of carbonyl (C=O) groups is 2. The first-order chi connectivity index (χ1) is 22.9. The van der Waals surface area contributed by atoms with E-state index in [0.29, 0.717) is 45.1 Å². The van der Waals surface area contributed by atoms with Crippen molar-refractivity contribution in [3.05, 3.63) is 84.9 Å². The lowest BCUT2D eigenvalue weighted by Crippen LogP contribution is -2.24. The third-order valence-corrected chi connectivity index (χ3v) is 8.71. The number of aromatic hydroxyl groups is 2. The van der Waals surface area contributed by atoms with E-state index in [0.717, 1.165) is 64.2 Å². The molecule has 9 heteroatoms. The van der Waals surface area contributed by atoms with Crippen LogP contribution in [0.1, 0.15) is 64.2 Å². The van der Waals surface area contributed by atoms with Crippen molar-refractivity contribution in [3.8, 4) is 45.3 Å². The first-order valence-electron chi connectivity index (χ1n) is 16.4. The summed E-state index contributed by atoms with van der Waals surface area (Å²) < 4.78 is 18.2. The van der Waals surface area contributed by atoms with Gasteiger partial charge in [-0.15, -0.1) is 0 Å². The molecular weight excluding hydrogens is 596 g/mol. The van der Waals surface area contributed by atoms with E-state index in [4.69, 9.17) is 14.2 Å². The van der Waals surface area contributed by atoms with Gasteiger partial charge in [-0.05, 0) is 111 Å². The normalized spacial score (nSPS) is 15.4. The highest BCUT2D eigenvalue weighted by atomic mass is 16.6. The Morgan fingerprint density at radius 3 is 1.30 bits per heavy atom. The van der Waals surface area contributed by atoms with Gasteiger partial charge in [0.1, 0.15) is 35.2 Å². The third kappa shape index (κ3) is 8.16. The van der Waals surface area contributed by atoms with Crippen molar-refractivity contribution in [2.75, 3.05) is 10.6 Å². The zero-order valence-corrected chi connectivity index (χ0v) is 26.2. The molecule has 4 aromatic carbocycles. The number of carbonyl (C=O) groups excluding carboxylic acids is 2. The molecule has 0 spiro atoms. The van der Waals surface area contributed by atoms with E-state index in [1.165, 1.54) is 0 Å². The molecule has 6 rings (SSSR count). The second kappa shape index (κ2) is 14.9. The lowest BCUT2D eigenvalue weighted by molar-refractivity contribution is 0.0858. The highest BCUT2D eigenvalue weighted by molar-refractivity contribution is 5.96. The van der Waals surface area contributed by atoms with Gasteiger partial charge in [-0.2, -0.15) is 0 Å². The van der Waals surface area contributed by atoms with Crippen molar-refractivity contribution in [3.63, 3.8) is 0 Å². The molecule has 2 aliphatic rings. The van der Waals surface area contributed by atoms with E-state index in [2.05, 4.69) is 10.6 Å². The van der Waals surface area contributed by atoms with Crippen molar-refractivity contribution in [2.24, 2.45) is 0 Å². The van der Waals surface area contributed by atoms with Crippen LogP contribution in [0.5, 0.6) is 23.0 Å². The first kappa shape index (κ1) is 31.8. The molecule has 4 aromatic rings. The van der Waals surface area contributed by atoms with E-state index >= 15 is 0 Å². The fourth-order valence-corrected chi connectivity index (χ4v) is 6.36. The van der Waals surface area contributed by atoms with Crippen LogP contribution < -0.4 is 15.4 Å². The average molecular weight is 637 g/mol. The monoisotopic (exact) mass is 636 g/mol. The minimum atomic E-state index is -0.540. The van der Waals surface area contributed by atoms with Crippen LogP contribution >= 0.6 is 0 Å². The van der Waals surface area contributed by atoms with Gasteiger partial charge in [0.25, 0.3) is 0 Å². The van der Waals surface area contributed by atoms with Crippen LogP contribution in [0.15, 0.2) is 84.9 Å². The molecule has 2 aliphatic carbocycles. The van der Waals surface area contributed by atoms with Gasteiger partial charge in [-0.25, -0.2) is 9.59 Å². The van der Waals surface area contributed by atoms with Crippen LogP contribution in [-0.2, 0) is 9.47 Å². The number of benzene rings is 4. The number of anilines is 2. The Bertz CT molecular complexity index is 1550. The number of hydrogen-bond donors (Lipinski definition) is 4. The van der Waals surface area contributed by atoms with Gasteiger partial charge < -0.3 is 24.4 Å². The number of amides is 2. The van der Waals surface area contributed by atoms with E-state index in [9.17, 15) is 19.8 Å². The number of ether oxygens (including phenoxy) is 3. The maximum Gasteiger partial charge on any atom is 0.411 e. The Morgan fingerprint density at radius 1 is 0.532 bits per heavy atom. The number of hydrogen-bond acceptors (Lipinski definition) is 7. The van der Waals surface area contributed by atoms with Gasteiger partial charge in [-0.1, -0.05) is 49.2 Å². The van der Waals surface area contributed by atoms with E-state index < -0.39 is 12.2 Å². The molecule has 0 radical (unpaired) electrons. The summed E-state index contributed by atoms with van der Waals surface area (Å²) in [6.45, 7) is 0. The van der Waals surface area contributed by atoms with Crippen LogP contribution in [0.25, 0.3) is 22.3 Å². The van der Waals surface area contributed by atoms with Crippen LogP contribution in [0.3, 0.4) is 0 Å². The smallest absolute Gasteiger partial charge is 0.411 e. The Labute approximate surface area is 274 Å². The molecular formula is C38H40N2O7. The molecule has 4 N–H and O–H groups in total. The lowest BCUT2D eigenvalue weighted by Gasteiger charge is -2.23. The number of phenolic OH excluding ortho intramolecular Hbond substituents is 2. The van der Waals surface area contributed by atoms with Crippen molar-refractivity contribution in [1.29, 1.82) is 0 Å². The lowest BCUT2D eigenvalue weighted by atomic mass is 9.98. The fourth-order valence-electron chi connectivity index (χ4n) is 6.36. The van der Waals surface area contributed by atoms with Crippen LogP contribution in [0.2, 0.25) is 0 Å². The molecule has 0 unspecified atom stereocenters. The van der Waals surface area contributed by atoms with E-state index in [1.54, 1.807) is 84.9 Å². The molecule has 0 bridgehead atoms. The highest BCUT2D eigenvalue weighted by Crippen LogP contribution is 2.44. The van der Waals surface area contributed by atoms with Gasteiger partial charge in [-0.3, -0.25) is 10.6 Å². The van der Waals surface area contributed by atoms with Crippen molar-refractivity contribution >= 4 is 23.6 Å². The number of nitrogens with one attached hydrogen (secondary N) is 2. The first-order valence-corrected chi connectivity index (χ1v) is 16.4. The Hall–Kier alpha value is -5.18. The Kier molecular flexibility index (Phi) is 10.1. The summed E-state index contributed by atoms with van der Waals surface area (Å²) in [6.07, 6.45) is 8.52. The maximum atomic E-state index is 13.1. The zero-order chi connectivity index (χ0) is 32.6. The van der Waals surface area contributed by atoms with Gasteiger partial charge in [0, 0.05) is 11.1 Å². The summed E-state index contributed by atoms with van der Waals surface area (Å²) >= 11 is 0. The second-order valence-electron chi connectivity index (χ2n) is 12.1. The van der Waals surface area contributed by atoms with Gasteiger partial charge in [0.2, 0.25) is 0 Å². The summed E-state index contributed by atoms with van der Waals surface area (Å²) in [5.41, 5.74) is 3.52. The van der Waals surface area contributed by atoms with E-state index in [1.807, 2.05) is 0 Å². The predicted octanol–water partition coefficient (Wildman–Crippen LogP) is 9.99. The predicted molar refractivity (Wildman–Crippen MR) is 181 cm³/mol. The van der Waals surface area contributed by atoms with E-state index in [-0.39, 0.29) is 23.7 Å². The minimum Gasteiger partial charge on any atom is -0.508 e. The van der Waals surface area contributed by atoms with Gasteiger partial charge >= 0.3 is 12.2 Å². The summed E-state index contributed by atoms with van der Waals surface area (Å²) in [6, 6.07) is 23.9. The summed E-state index contributed by atoms with van der Waals surface area (Å²) in [5.74, 6) is 1.06.